The maximum atomic E-state index is 12.9. The monoisotopic (exact) mass is 764 g/mol. The van der Waals surface area contributed by atoms with E-state index in [2.05, 4.69) is 54.7 Å². The molecule has 1 aliphatic heterocycles. The lowest BCUT2D eigenvalue weighted by atomic mass is 9.80. The van der Waals surface area contributed by atoms with Gasteiger partial charge in [-0.1, -0.05) is 77.2 Å². The normalized spacial score (nSPS) is 19.6. The summed E-state index contributed by atoms with van der Waals surface area (Å²) in [7, 11) is 8.60. The van der Waals surface area contributed by atoms with Gasteiger partial charge >= 0.3 is 0 Å². The van der Waals surface area contributed by atoms with Crippen LogP contribution in [0.5, 0.6) is 11.5 Å². The first-order chi connectivity index (χ1) is 23.3. The Morgan fingerprint density at radius 1 is 0.958 bits per heavy atom. The lowest BCUT2D eigenvalue weighted by Gasteiger charge is -2.37. The molecule has 0 bridgehead atoms. The summed E-state index contributed by atoms with van der Waals surface area (Å²) in [5, 5.41) is 0. The van der Waals surface area contributed by atoms with Crippen LogP contribution < -0.4 is 15.0 Å². The quantitative estimate of drug-likeness (QED) is 0.0609. The van der Waals surface area contributed by atoms with Gasteiger partial charge in [0.2, 0.25) is 5.95 Å². The van der Waals surface area contributed by atoms with Crippen LogP contribution in [0.15, 0.2) is 95.0 Å². The van der Waals surface area contributed by atoms with Gasteiger partial charge in [0.05, 0.1) is 43.5 Å². The molecule has 250 valence electrons. The van der Waals surface area contributed by atoms with Gasteiger partial charge in [0.15, 0.2) is 17.4 Å². The minimum absolute atomic E-state index is 0.136. The van der Waals surface area contributed by atoms with E-state index in [0.717, 1.165) is 28.2 Å². The number of fused-ring (bicyclic) bond motifs is 1. The lowest BCUT2D eigenvalue weighted by molar-refractivity contribution is -0.0883. The summed E-state index contributed by atoms with van der Waals surface area (Å²) in [6.07, 6.45) is 1.67. The summed E-state index contributed by atoms with van der Waals surface area (Å²) in [4.78, 5) is 30.5. The highest BCUT2D eigenvalue weighted by Gasteiger charge is 2.47. The molecule has 0 amide bonds. The van der Waals surface area contributed by atoms with Crippen LogP contribution in [0.1, 0.15) is 22.9 Å². The van der Waals surface area contributed by atoms with Crippen molar-refractivity contribution in [1.82, 2.24) is 24.4 Å². The minimum atomic E-state index is -1.02. The van der Waals surface area contributed by atoms with Gasteiger partial charge in [-0.3, -0.25) is 14.3 Å². The zero-order valence-electron chi connectivity index (χ0n) is 27.2. The van der Waals surface area contributed by atoms with E-state index in [1.807, 2.05) is 80.8 Å². The SMILES string of the molecule is COc1ccc(C(OC[C@H]2O[C@@H](n3cnc4c(=O)[nH]c(/N=C/N(C)C)nc43)[C@H](OC)[C@H]2I)(c2ccccc2)c2ccc(OC)cc2)cc1. The Morgan fingerprint density at radius 2 is 1.56 bits per heavy atom. The highest BCUT2D eigenvalue weighted by atomic mass is 127. The number of alkyl halides is 1. The number of aromatic nitrogens is 4. The molecule has 1 fully saturated rings. The van der Waals surface area contributed by atoms with E-state index in [0.29, 0.717) is 5.65 Å². The number of aromatic amines is 1. The Balaban J connectivity index is 1.39. The van der Waals surface area contributed by atoms with Crippen molar-refractivity contribution in [2.75, 3.05) is 42.0 Å². The van der Waals surface area contributed by atoms with Crippen molar-refractivity contribution < 1.29 is 23.7 Å². The van der Waals surface area contributed by atoms with Crippen LogP contribution in [0.4, 0.5) is 5.95 Å². The van der Waals surface area contributed by atoms with Crippen LogP contribution in [-0.4, -0.2) is 88.9 Å². The zero-order chi connectivity index (χ0) is 33.8. The molecule has 0 unspecified atom stereocenters. The molecule has 4 atom stereocenters. The summed E-state index contributed by atoms with van der Waals surface area (Å²) in [5.74, 6) is 1.64. The van der Waals surface area contributed by atoms with Gasteiger partial charge < -0.3 is 28.6 Å². The van der Waals surface area contributed by atoms with E-state index in [1.165, 1.54) is 0 Å². The van der Waals surface area contributed by atoms with Crippen molar-refractivity contribution in [2.45, 2.75) is 28.0 Å². The van der Waals surface area contributed by atoms with Crippen molar-refractivity contribution in [2.24, 2.45) is 4.99 Å². The first-order valence-corrected chi connectivity index (χ1v) is 16.5. The Kier molecular flexibility index (Phi) is 10.1. The molecule has 13 heteroatoms. The topological polar surface area (TPSA) is 125 Å². The van der Waals surface area contributed by atoms with Crippen LogP contribution in [-0.2, 0) is 19.8 Å². The fourth-order valence-corrected chi connectivity index (χ4v) is 6.94. The maximum Gasteiger partial charge on any atom is 0.280 e. The summed E-state index contributed by atoms with van der Waals surface area (Å²) in [6.45, 7) is 0.204. The fraction of sp³-hybridized carbons (Fsp3) is 0.314. The van der Waals surface area contributed by atoms with Gasteiger partial charge in [0.25, 0.3) is 5.56 Å². The fourth-order valence-electron chi connectivity index (χ4n) is 5.92. The Bertz CT molecular complexity index is 1870. The van der Waals surface area contributed by atoms with Crippen LogP contribution in [0.25, 0.3) is 11.2 Å². The molecule has 0 spiro atoms. The van der Waals surface area contributed by atoms with E-state index in [1.54, 1.807) is 43.5 Å². The molecule has 2 aromatic heterocycles. The van der Waals surface area contributed by atoms with Gasteiger partial charge in [0, 0.05) is 21.2 Å². The number of H-pyrrole nitrogens is 1. The molecule has 3 heterocycles. The molecule has 3 aromatic carbocycles. The van der Waals surface area contributed by atoms with Gasteiger partial charge in [-0.05, 0) is 41.0 Å². The number of rotatable bonds is 12. The second-order valence-electron chi connectivity index (χ2n) is 11.4. The summed E-state index contributed by atoms with van der Waals surface area (Å²) in [5.41, 5.74) is 1.89. The highest BCUT2D eigenvalue weighted by Crippen LogP contribution is 2.44. The number of imidazole rings is 1. The highest BCUT2D eigenvalue weighted by molar-refractivity contribution is 14.1. The summed E-state index contributed by atoms with van der Waals surface area (Å²) in [6, 6.07) is 25.9. The molecule has 6 rings (SSSR count). The van der Waals surface area contributed by atoms with Crippen molar-refractivity contribution in [3.8, 4) is 11.5 Å². The number of hydrogen-bond donors (Lipinski definition) is 1. The molecule has 0 saturated carbocycles. The molecular formula is C35H37IN6O6. The van der Waals surface area contributed by atoms with E-state index in [9.17, 15) is 4.79 Å². The van der Waals surface area contributed by atoms with Gasteiger partial charge in [-0.15, -0.1) is 0 Å². The Morgan fingerprint density at radius 3 is 2.12 bits per heavy atom. The molecule has 48 heavy (non-hydrogen) atoms. The van der Waals surface area contributed by atoms with Crippen molar-refractivity contribution in [1.29, 1.82) is 0 Å². The average molecular weight is 765 g/mol. The van der Waals surface area contributed by atoms with Gasteiger partial charge in [-0.2, -0.15) is 4.98 Å². The summed E-state index contributed by atoms with van der Waals surface area (Å²) < 4.78 is 32.4. The second kappa shape index (κ2) is 14.4. The van der Waals surface area contributed by atoms with Crippen molar-refractivity contribution in [3.05, 3.63) is 112 Å². The molecule has 1 aliphatic rings. The van der Waals surface area contributed by atoms with Crippen LogP contribution in [0.3, 0.4) is 0 Å². The number of benzene rings is 3. The maximum absolute atomic E-state index is 12.9. The van der Waals surface area contributed by atoms with E-state index >= 15 is 0 Å². The molecule has 5 aromatic rings. The predicted molar refractivity (Wildman–Crippen MR) is 191 cm³/mol. The number of halogens is 1. The second-order valence-corrected chi connectivity index (χ2v) is 12.9. The van der Waals surface area contributed by atoms with Crippen LogP contribution in [0, 0.1) is 0 Å². The minimum Gasteiger partial charge on any atom is -0.497 e. The van der Waals surface area contributed by atoms with Crippen molar-refractivity contribution in [3.63, 3.8) is 0 Å². The predicted octanol–water partition coefficient (Wildman–Crippen LogP) is 5.08. The largest absolute Gasteiger partial charge is 0.497 e. The smallest absolute Gasteiger partial charge is 0.280 e. The Hall–Kier alpha value is -4.31. The van der Waals surface area contributed by atoms with Crippen LogP contribution in [0.2, 0.25) is 0 Å². The molecule has 0 aliphatic carbocycles. The molecule has 1 saturated heterocycles. The van der Waals surface area contributed by atoms with Crippen molar-refractivity contribution >= 4 is 46.0 Å². The van der Waals surface area contributed by atoms with Gasteiger partial charge in [-0.25, -0.2) is 9.98 Å². The molecular weight excluding hydrogens is 727 g/mol. The molecule has 0 radical (unpaired) electrons. The van der Waals surface area contributed by atoms with E-state index < -0.39 is 29.6 Å². The number of nitrogens with one attached hydrogen (secondary N) is 1. The number of nitrogens with zero attached hydrogens (tertiary/aromatic N) is 5. The van der Waals surface area contributed by atoms with E-state index in [4.69, 9.17) is 23.7 Å². The third-order valence-corrected chi connectivity index (χ3v) is 9.79. The number of aliphatic imine (C=N–C) groups is 1. The van der Waals surface area contributed by atoms with Crippen LogP contribution >= 0.6 is 22.6 Å². The van der Waals surface area contributed by atoms with E-state index in [-0.39, 0.29) is 22.0 Å². The molecule has 12 nitrogen and oxygen atoms in total. The average Bonchev–Trinajstić information content (AvgIpc) is 3.68. The first-order valence-electron chi connectivity index (χ1n) is 15.3. The number of methoxy groups -OCH3 is 3. The number of hydrogen-bond acceptors (Lipinski definition) is 9. The molecule has 1 N–H and O–H groups in total. The van der Waals surface area contributed by atoms with Gasteiger partial charge in [0.1, 0.15) is 23.2 Å². The third-order valence-electron chi connectivity index (χ3n) is 8.28. The first kappa shape index (κ1) is 33.6. The summed E-state index contributed by atoms with van der Waals surface area (Å²) >= 11 is 2.35. The lowest BCUT2D eigenvalue weighted by Crippen LogP contribution is -2.38. The Labute approximate surface area is 291 Å². The standard InChI is InChI=1S/C35H37IN6O6/c1-41(2)20-38-34-39-31-29(32(43)40-34)37-21-42(31)33-30(46-5)28(36)27(48-33)19-47-35(22-9-7-6-8-10-22,23-11-15-25(44-3)16-12-23)24-13-17-26(45-4)18-14-24/h6-18,20-21,27-28,30,33H,19H2,1-5H3,(H,39,40,43)/b38-20+/t27-,28+,30-,33-/m1/s1. The number of ether oxygens (including phenoxy) is 5. The third kappa shape index (κ3) is 6.42. The zero-order valence-corrected chi connectivity index (χ0v) is 29.4.